The smallest absolute Gasteiger partial charge is 0.119 e. The van der Waals surface area contributed by atoms with Crippen molar-refractivity contribution in [1.29, 1.82) is 0 Å². The van der Waals surface area contributed by atoms with Crippen molar-refractivity contribution >= 4 is 11.3 Å². The van der Waals surface area contributed by atoms with Gasteiger partial charge in [0.15, 0.2) is 0 Å². The molecule has 0 saturated carbocycles. The Labute approximate surface area is 82.9 Å². The number of nitrogens with zero attached hydrogens (tertiary/aromatic N) is 1. The third-order valence-electron chi connectivity index (χ3n) is 1.72. The summed E-state index contributed by atoms with van der Waals surface area (Å²) in [5.41, 5.74) is 6.79. The summed E-state index contributed by atoms with van der Waals surface area (Å²) >= 11 is 1.65. The number of ether oxygens (including phenoxy) is 1. The molecule has 0 radical (unpaired) electrons. The van der Waals surface area contributed by atoms with Crippen molar-refractivity contribution in [2.75, 3.05) is 7.11 Å². The highest BCUT2D eigenvalue weighted by Crippen LogP contribution is 2.12. The van der Waals surface area contributed by atoms with Crippen LogP contribution in [0.1, 0.15) is 24.0 Å². The summed E-state index contributed by atoms with van der Waals surface area (Å²) in [6.45, 7) is 2.63. The van der Waals surface area contributed by atoms with Crippen LogP contribution in [0.2, 0.25) is 0 Å². The first-order valence-corrected chi connectivity index (χ1v) is 5.28. The van der Waals surface area contributed by atoms with Gasteiger partial charge in [0, 0.05) is 18.5 Å². The minimum Gasteiger partial charge on any atom is -0.378 e. The first-order chi connectivity index (χ1) is 6.22. The molecule has 2 N–H and O–H groups in total. The maximum absolute atomic E-state index is 5.66. The van der Waals surface area contributed by atoms with E-state index in [0.29, 0.717) is 6.61 Å². The first kappa shape index (κ1) is 10.6. The lowest BCUT2D eigenvalue weighted by Crippen LogP contribution is -2.15. The molecule has 0 amide bonds. The number of rotatable bonds is 5. The molecule has 13 heavy (non-hydrogen) atoms. The largest absolute Gasteiger partial charge is 0.378 e. The molecule has 0 aliphatic rings. The molecular weight excluding hydrogens is 184 g/mol. The van der Waals surface area contributed by atoms with Crippen molar-refractivity contribution in [2.24, 2.45) is 5.73 Å². The Balaban J connectivity index is 2.39. The monoisotopic (exact) mass is 200 g/mol. The van der Waals surface area contributed by atoms with Gasteiger partial charge in [0.1, 0.15) is 5.01 Å². The summed E-state index contributed by atoms with van der Waals surface area (Å²) in [6.07, 6.45) is 1.97. The maximum atomic E-state index is 5.66. The average Bonchev–Trinajstić information content (AvgIpc) is 2.50. The van der Waals surface area contributed by atoms with E-state index in [0.717, 1.165) is 23.5 Å². The van der Waals surface area contributed by atoms with E-state index in [9.17, 15) is 0 Å². The molecule has 0 saturated heterocycles. The molecule has 0 aliphatic carbocycles. The maximum Gasteiger partial charge on any atom is 0.119 e. The molecule has 0 aromatic carbocycles. The molecule has 0 unspecified atom stereocenters. The van der Waals surface area contributed by atoms with E-state index in [4.69, 9.17) is 10.5 Å². The van der Waals surface area contributed by atoms with E-state index in [-0.39, 0.29) is 6.04 Å². The van der Waals surface area contributed by atoms with Crippen LogP contribution in [-0.4, -0.2) is 18.1 Å². The molecule has 1 heterocycles. The molecule has 0 fully saturated rings. The fourth-order valence-corrected chi connectivity index (χ4v) is 1.83. The summed E-state index contributed by atoms with van der Waals surface area (Å²) in [5, 5.41) is 3.12. The van der Waals surface area contributed by atoms with Gasteiger partial charge in [-0.3, -0.25) is 0 Å². The molecule has 1 atom stereocenters. The van der Waals surface area contributed by atoms with Gasteiger partial charge in [-0.15, -0.1) is 11.3 Å². The third-order valence-corrected chi connectivity index (χ3v) is 2.59. The molecule has 0 spiro atoms. The Morgan fingerprint density at radius 3 is 3.08 bits per heavy atom. The van der Waals surface area contributed by atoms with Gasteiger partial charge in [0.25, 0.3) is 0 Å². The second kappa shape index (κ2) is 5.32. The fraction of sp³-hybridized carbons (Fsp3) is 0.667. The van der Waals surface area contributed by atoms with Gasteiger partial charge in [-0.25, -0.2) is 4.98 Å². The van der Waals surface area contributed by atoms with E-state index in [1.165, 1.54) is 0 Å². The number of hydrogen-bond donors (Lipinski definition) is 1. The molecule has 3 nitrogen and oxygen atoms in total. The predicted octanol–water partition coefficient (Wildman–Crippen LogP) is 1.57. The Morgan fingerprint density at radius 2 is 2.46 bits per heavy atom. The van der Waals surface area contributed by atoms with E-state index < -0.39 is 0 Å². The first-order valence-electron chi connectivity index (χ1n) is 4.40. The van der Waals surface area contributed by atoms with Crippen LogP contribution in [0.4, 0.5) is 0 Å². The van der Waals surface area contributed by atoms with Crippen molar-refractivity contribution in [3.05, 3.63) is 16.1 Å². The van der Waals surface area contributed by atoms with Gasteiger partial charge < -0.3 is 10.5 Å². The van der Waals surface area contributed by atoms with Crippen molar-refractivity contribution in [1.82, 2.24) is 4.98 Å². The van der Waals surface area contributed by atoms with Gasteiger partial charge in [-0.1, -0.05) is 0 Å². The number of aryl methyl sites for hydroxylation is 1. The van der Waals surface area contributed by atoms with E-state index >= 15 is 0 Å². The third kappa shape index (κ3) is 3.85. The standard InChI is InChI=1S/C9H16N2OS/c1-7(10)3-4-8-6-13-9(11-8)5-12-2/h6-7H,3-5,10H2,1-2H3/t7-/m1/s1. The van der Waals surface area contributed by atoms with Crippen LogP contribution in [0.15, 0.2) is 5.38 Å². The van der Waals surface area contributed by atoms with Crippen LogP contribution in [0.25, 0.3) is 0 Å². The van der Waals surface area contributed by atoms with Crippen LogP contribution in [0, 0.1) is 0 Å². The van der Waals surface area contributed by atoms with Gasteiger partial charge in [0.2, 0.25) is 0 Å². The zero-order valence-corrected chi connectivity index (χ0v) is 8.93. The second-order valence-electron chi connectivity index (χ2n) is 3.18. The van der Waals surface area contributed by atoms with Crippen LogP contribution >= 0.6 is 11.3 Å². The topological polar surface area (TPSA) is 48.1 Å². The molecule has 4 heteroatoms. The lowest BCUT2D eigenvalue weighted by Gasteiger charge is -2.00. The van der Waals surface area contributed by atoms with Crippen LogP contribution in [-0.2, 0) is 17.8 Å². The van der Waals surface area contributed by atoms with Crippen molar-refractivity contribution in [3.63, 3.8) is 0 Å². The summed E-state index contributed by atoms with van der Waals surface area (Å²) < 4.78 is 4.99. The number of hydrogen-bond acceptors (Lipinski definition) is 4. The Bertz CT molecular complexity index is 248. The molecule has 74 valence electrons. The Kier molecular flexibility index (Phi) is 4.35. The van der Waals surface area contributed by atoms with Gasteiger partial charge in [-0.05, 0) is 19.8 Å². The molecular formula is C9H16N2OS. The summed E-state index contributed by atoms with van der Waals surface area (Å²) in [6, 6.07) is 0.257. The summed E-state index contributed by atoms with van der Waals surface area (Å²) in [5.74, 6) is 0. The number of methoxy groups -OCH3 is 1. The van der Waals surface area contributed by atoms with Crippen LogP contribution in [0.3, 0.4) is 0 Å². The van der Waals surface area contributed by atoms with Gasteiger partial charge in [-0.2, -0.15) is 0 Å². The lowest BCUT2D eigenvalue weighted by molar-refractivity contribution is 0.184. The molecule has 0 bridgehead atoms. The molecule has 1 aromatic heterocycles. The second-order valence-corrected chi connectivity index (χ2v) is 4.12. The van der Waals surface area contributed by atoms with E-state index in [1.54, 1.807) is 18.4 Å². The minimum absolute atomic E-state index is 0.257. The quantitative estimate of drug-likeness (QED) is 0.785. The highest BCUT2D eigenvalue weighted by atomic mass is 32.1. The highest BCUT2D eigenvalue weighted by Gasteiger charge is 2.02. The van der Waals surface area contributed by atoms with Crippen molar-refractivity contribution in [3.8, 4) is 0 Å². The lowest BCUT2D eigenvalue weighted by atomic mass is 10.2. The van der Waals surface area contributed by atoms with E-state index in [1.807, 2.05) is 6.92 Å². The summed E-state index contributed by atoms with van der Waals surface area (Å²) in [4.78, 5) is 4.41. The van der Waals surface area contributed by atoms with E-state index in [2.05, 4.69) is 10.4 Å². The van der Waals surface area contributed by atoms with Crippen LogP contribution < -0.4 is 5.73 Å². The van der Waals surface area contributed by atoms with Gasteiger partial charge >= 0.3 is 0 Å². The SMILES string of the molecule is COCc1nc(CC[C@@H](C)N)cs1. The molecule has 1 rings (SSSR count). The van der Waals surface area contributed by atoms with Crippen molar-refractivity contribution in [2.45, 2.75) is 32.4 Å². The number of aromatic nitrogens is 1. The normalized spacial score (nSPS) is 13.2. The fourth-order valence-electron chi connectivity index (χ4n) is 1.03. The Hall–Kier alpha value is -0.450. The zero-order valence-electron chi connectivity index (χ0n) is 8.12. The van der Waals surface area contributed by atoms with Gasteiger partial charge in [0.05, 0.1) is 12.3 Å². The molecule has 1 aromatic rings. The Morgan fingerprint density at radius 1 is 1.69 bits per heavy atom. The van der Waals surface area contributed by atoms with Crippen LogP contribution in [0.5, 0.6) is 0 Å². The highest BCUT2D eigenvalue weighted by molar-refractivity contribution is 7.09. The van der Waals surface area contributed by atoms with Crippen molar-refractivity contribution < 1.29 is 4.74 Å². The zero-order chi connectivity index (χ0) is 9.68. The molecule has 0 aliphatic heterocycles. The number of thiazole rings is 1. The predicted molar refractivity (Wildman–Crippen MR) is 54.8 cm³/mol. The number of nitrogens with two attached hydrogens (primary N) is 1. The summed E-state index contributed by atoms with van der Waals surface area (Å²) in [7, 11) is 1.68. The minimum atomic E-state index is 0.257. The average molecular weight is 200 g/mol.